The second-order valence-corrected chi connectivity index (χ2v) is 5.03. The van der Waals surface area contributed by atoms with E-state index in [0.29, 0.717) is 12.2 Å². The van der Waals surface area contributed by atoms with E-state index < -0.39 is 5.97 Å². The predicted octanol–water partition coefficient (Wildman–Crippen LogP) is 3.46. The molecule has 0 saturated carbocycles. The van der Waals surface area contributed by atoms with Crippen molar-refractivity contribution in [3.05, 3.63) is 57.8 Å². The Kier molecular flexibility index (Phi) is 4.16. The number of benzene rings is 1. The van der Waals surface area contributed by atoms with Crippen molar-refractivity contribution in [2.24, 2.45) is 0 Å². The Morgan fingerprint density at radius 1 is 1.42 bits per heavy atom. The van der Waals surface area contributed by atoms with Crippen LogP contribution in [0.3, 0.4) is 0 Å². The monoisotopic (exact) mass is 320 g/mol. The lowest BCUT2D eigenvalue weighted by Crippen LogP contribution is -2.08. The fraction of sp³-hybridized carbons (Fsp3) is 0.143. The number of anilines is 1. The highest BCUT2D eigenvalue weighted by Gasteiger charge is 2.10. The van der Waals surface area contributed by atoms with E-state index >= 15 is 0 Å². The molecule has 0 amide bonds. The summed E-state index contributed by atoms with van der Waals surface area (Å²) in [6.07, 6.45) is 1.73. The van der Waals surface area contributed by atoms with Crippen LogP contribution in [-0.2, 0) is 6.54 Å². The number of aromatic nitrogens is 1. The van der Waals surface area contributed by atoms with E-state index in [-0.39, 0.29) is 5.56 Å². The number of pyridine rings is 1. The summed E-state index contributed by atoms with van der Waals surface area (Å²) in [5, 5.41) is 12.3. The van der Waals surface area contributed by atoms with E-state index in [1.54, 1.807) is 24.4 Å². The topological polar surface area (TPSA) is 62.2 Å². The molecule has 0 unspecified atom stereocenters. The second-order valence-electron chi connectivity index (χ2n) is 4.12. The molecule has 5 heteroatoms. The molecule has 2 aromatic rings. The summed E-state index contributed by atoms with van der Waals surface area (Å²) in [7, 11) is 0. The maximum absolute atomic E-state index is 11.2. The highest BCUT2D eigenvalue weighted by Crippen LogP contribution is 2.21. The number of nitrogens with one attached hydrogen (secondary N) is 1. The van der Waals surface area contributed by atoms with Gasteiger partial charge in [-0.25, -0.2) is 4.79 Å². The average Bonchev–Trinajstić information content (AvgIpc) is 2.38. The van der Waals surface area contributed by atoms with Gasteiger partial charge in [-0.1, -0.05) is 22.0 Å². The summed E-state index contributed by atoms with van der Waals surface area (Å²) in [5.74, 6) is -0.957. The molecule has 19 heavy (non-hydrogen) atoms. The number of rotatable bonds is 4. The van der Waals surface area contributed by atoms with Crippen molar-refractivity contribution in [1.82, 2.24) is 4.98 Å². The van der Waals surface area contributed by atoms with Crippen molar-refractivity contribution in [3.8, 4) is 0 Å². The molecule has 0 fully saturated rings. The largest absolute Gasteiger partial charge is 0.478 e. The summed E-state index contributed by atoms with van der Waals surface area (Å²) in [5.41, 5.74) is 2.80. The summed E-state index contributed by atoms with van der Waals surface area (Å²) in [6.45, 7) is 2.47. The SMILES string of the molecule is Cc1cccnc1CNc1ccc(Br)cc1C(=O)O. The molecule has 0 aliphatic rings. The van der Waals surface area contributed by atoms with E-state index in [9.17, 15) is 4.79 Å². The zero-order valence-corrected chi connectivity index (χ0v) is 11.9. The van der Waals surface area contributed by atoms with Gasteiger partial charge in [0.25, 0.3) is 0 Å². The molecule has 1 aromatic heterocycles. The number of aryl methyl sites for hydroxylation is 1. The smallest absolute Gasteiger partial charge is 0.337 e. The van der Waals surface area contributed by atoms with Crippen molar-refractivity contribution in [2.75, 3.05) is 5.32 Å². The first kappa shape index (κ1) is 13.5. The average molecular weight is 321 g/mol. The summed E-state index contributed by atoms with van der Waals surface area (Å²) >= 11 is 3.27. The van der Waals surface area contributed by atoms with Crippen LogP contribution in [0.5, 0.6) is 0 Å². The van der Waals surface area contributed by atoms with Crippen LogP contribution in [0.1, 0.15) is 21.6 Å². The van der Waals surface area contributed by atoms with Gasteiger partial charge in [-0.15, -0.1) is 0 Å². The first-order valence-corrected chi connectivity index (χ1v) is 6.54. The van der Waals surface area contributed by atoms with Gasteiger partial charge in [-0.2, -0.15) is 0 Å². The Hall–Kier alpha value is -1.88. The zero-order chi connectivity index (χ0) is 13.8. The van der Waals surface area contributed by atoms with Crippen molar-refractivity contribution in [2.45, 2.75) is 13.5 Å². The first-order chi connectivity index (χ1) is 9.08. The number of hydrogen-bond acceptors (Lipinski definition) is 3. The molecule has 2 N–H and O–H groups in total. The van der Waals surface area contributed by atoms with Gasteiger partial charge in [0.2, 0.25) is 0 Å². The predicted molar refractivity (Wildman–Crippen MR) is 77.4 cm³/mol. The quantitative estimate of drug-likeness (QED) is 0.905. The first-order valence-electron chi connectivity index (χ1n) is 5.75. The maximum Gasteiger partial charge on any atom is 0.337 e. The highest BCUT2D eigenvalue weighted by molar-refractivity contribution is 9.10. The number of carboxylic acids is 1. The van der Waals surface area contributed by atoms with E-state index in [2.05, 4.69) is 26.2 Å². The maximum atomic E-state index is 11.2. The van der Waals surface area contributed by atoms with Crippen molar-refractivity contribution < 1.29 is 9.90 Å². The molecule has 0 aliphatic heterocycles. The summed E-state index contributed by atoms with van der Waals surface area (Å²) < 4.78 is 0.740. The van der Waals surface area contributed by atoms with Crippen LogP contribution in [0.15, 0.2) is 41.0 Å². The lowest BCUT2D eigenvalue weighted by molar-refractivity contribution is 0.0698. The van der Waals surface area contributed by atoms with E-state index in [1.807, 2.05) is 19.1 Å². The second kappa shape index (κ2) is 5.84. The molecule has 98 valence electrons. The zero-order valence-electron chi connectivity index (χ0n) is 10.4. The third-order valence-corrected chi connectivity index (χ3v) is 3.27. The Bertz CT molecular complexity index is 614. The van der Waals surface area contributed by atoms with Gasteiger partial charge in [0.05, 0.1) is 17.8 Å². The van der Waals surface area contributed by atoms with Crippen LogP contribution >= 0.6 is 15.9 Å². The van der Waals surface area contributed by atoms with E-state index in [1.165, 1.54) is 0 Å². The van der Waals surface area contributed by atoms with Crippen LogP contribution in [0.4, 0.5) is 5.69 Å². The molecule has 0 saturated heterocycles. The molecule has 0 aliphatic carbocycles. The van der Waals surface area contributed by atoms with Crippen LogP contribution in [0.2, 0.25) is 0 Å². The van der Waals surface area contributed by atoms with Gasteiger partial charge >= 0.3 is 5.97 Å². The van der Waals surface area contributed by atoms with Crippen LogP contribution in [0, 0.1) is 6.92 Å². The lowest BCUT2D eigenvalue weighted by atomic mass is 10.1. The molecule has 0 atom stereocenters. The highest BCUT2D eigenvalue weighted by atomic mass is 79.9. The van der Waals surface area contributed by atoms with Crippen LogP contribution < -0.4 is 5.32 Å². The van der Waals surface area contributed by atoms with Crippen molar-refractivity contribution >= 4 is 27.6 Å². The molecule has 2 rings (SSSR count). The molecule has 1 heterocycles. The Balaban J connectivity index is 2.20. The summed E-state index contributed by atoms with van der Waals surface area (Å²) in [6, 6.07) is 8.98. The summed E-state index contributed by atoms with van der Waals surface area (Å²) in [4.78, 5) is 15.4. The number of nitrogens with zero attached hydrogens (tertiary/aromatic N) is 1. The third-order valence-electron chi connectivity index (χ3n) is 2.78. The Morgan fingerprint density at radius 3 is 2.89 bits per heavy atom. The number of aromatic carboxylic acids is 1. The van der Waals surface area contributed by atoms with Gasteiger partial charge in [-0.3, -0.25) is 4.98 Å². The van der Waals surface area contributed by atoms with Crippen molar-refractivity contribution in [3.63, 3.8) is 0 Å². The lowest BCUT2D eigenvalue weighted by Gasteiger charge is -2.11. The number of carboxylic acid groups (broad SMARTS) is 1. The molecular weight excluding hydrogens is 308 g/mol. The molecule has 0 radical (unpaired) electrons. The molecular formula is C14H13BrN2O2. The Labute approximate surface area is 119 Å². The molecule has 0 bridgehead atoms. The fourth-order valence-corrected chi connectivity index (χ4v) is 2.09. The minimum absolute atomic E-state index is 0.239. The van der Waals surface area contributed by atoms with E-state index in [0.717, 1.165) is 15.7 Å². The van der Waals surface area contributed by atoms with Crippen LogP contribution in [0.25, 0.3) is 0 Å². The minimum Gasteiger partial charge on any atom is -0.478 e. The normalized spacial score (nSPS) is 10.2. The molecule has 0 spiro atoms. The van der Waals surface area contributed by atoms with E-state index in [4.69, 9.17) is 5.11 Å². The van der Waals surface area contributed by atoms with Gasteiger partial charge < -0.3 is 10.4 Å². The third kappa shape index (κ3) is 3.32. The standard InChI is InChI=1S/C14H13BrN2O2/c1-9-3-2-6-16-13(9)8-17-12-5-4-10(15)7-11(12)14(18)19/h2-7,17H,8H2,1H3,(H,18,19). The Morgan fingerprint density at radius 2 is 2.21 bits per heavy atom. The van der Waals surface area contributed by atoms with Crippen LogP contribution in [-0.4, -0.2) is 16.1 Å². The van der Waals surface area contributed by atoms with Gasteiger partial charge in [-0.05, 0) is 36.8 Å². The van der Waals surface area contributed by atoms with Crippen molar-refractivity contribution in [1.29, 1.82) is 0 Å². The number of carbonyl (C=O) groups is 1. The number of hydrogen-bond donors (Lipinski definition) is 2. The molecule has 1 aromatic carbocycles. The van der Waals surface area contributed by atoms with Gasteiger partial charge in [0.15, 0.2) is 0 Å². The molecule has 4 nitrogen and oxygen atoms in total. The minimum atomic E-state index is -0.957. The van der Waals surface area contributed by atoms with Gasteiger partial charge in [0, 0.05) is 16.4 Å². The van der Waals surface area contributed by atoms with Gasteiger partial charge in [0.1, 0.15) is 0 Å². The number of halogens is 1. The fourth-order valence-electron chi connectivity index (χ4n) is 1.73.